The fourth-order valence-corrected chi connectivity index (χ4v) is 3.35. The summed E-state index contributed by atoms with van der Waals surface area (Å²) in [6, 6.07) is 6.50. The van der Waals surface area contributed by atoms with Crippen LogP contribution < -0.4 is 0 Å². The number of hydrogen-bond donors (Lipinski definition) is 0. The van der Waals surface area contributed by atoms with Crippen molar-refractivity contribution in [1.29, 1.82) is 0 Å². The Morgan fingerprint density at radius 2 is 1.27 bits per heavy atom. The van der Waals surface area contributed by atoms with Crippen LogP contribution in [-0.2, 0) is 18.2 Å². The molecule has 0 bridgehead atoms. The van der Waals surface area contributed by atoms with Gasteiger partial charge in [0.05, 0.1) is 0 Å². The fourth-order valence-electron chi connectivity index (χ4n) is 2.93. The minimum atomic E-state index is 0.572. The summed E-state index contributed by atoms with van der Waals surface area (Å²) in [5.41, 5.74) is 3.84. The van der Waals surface area contributed by atoms with Gasteiger partial charge in [0.2, 0.25) is 0 Å². The molecular formula is C20H32Cl2. The molecule has 0 amide bonds. The molecule has 1 aromatic carbocycles. The van der Waals surface area contributed by atoms with E-state index in [9.17, 15) is 0 Å². The lowest BCUT2D eigenvalue weighted by atomic mass is 9.99. The van der Waals surface area contributed by atoms with Gasteiger partial charge in [-0.1, -0.05) is 82.9 Å². The summed E-state index contributed by atoms with van der Waals surface area (Å²) in [4.78, 5) is 0. The van der Waals surface area contributed by atoms with E-state index in [0.717, 1.165) is 6.42 Å². The number of aryl methyl sites for hydroxylation is 1. The Bertz CT molecular complexity index is 387. The van der Waals surface area contributed by atoms with Gasteiger partial charge in [0.15, 0.2) is 0 Å². The molecule has 0 aliphatic carbocycles. The zero-order chi connectivity index (χ0) is 16.0. The van der Waals surface area contributed by atoms with Gasteiger partial charge in [0.1, 0.15) is 0 Å². The lowest BCUT2D eigenvalue weighted by molar-refractivity contribution is 0.556. The Labute approximate surface area is 147 Å². The minimum Gasteiger partial charge on any atom is -0.122 e. The summed E-state index contributed by atoms with van der Waals surface area (Å²) in [7, 11) is 0. The van der Waals surface area contributed by atoms with Crippen molar-refractivity contribution < 1.29 is 0 Å². The monoisotopic (exact) mass is 342 g/mol. The quantitative estimate of drug-likeness (QED) is 0.255. The summed E-state index contributed by atoms with van der Waals surface area (Å²) in [6.07, 6.45) is 15.0. The van der Waals surface area contributed by atoms with E-state index in [1.165, 1.54) is 80.9 Å². The van der Waals surface area contributed by atoms with Gasteiger partial charge >= 0.3 is 0 Å². The highest BCUT2D eigenvalue weighted by Crippen LogP contribution is 2.19. The van der Waals surface area contributed by atoms with Crippen LogP contribution in [0.15, 0.2) is 18.2 Å². The molecule has 2 heteroatoms. The van der Waals surface area contributed by atoms with Crippen LogP contribution in [0, 0.1) is 0 Å². The van der Waals surface area contributed by atoms with E-state index in [4.69, 9.17) is 23.2 Å². The summed E-state index contributed by atoms with van der Waals surface area (Å²) >= 11 is 11.9. The third kappa shape index (κ3) is 8.44. The van der Waals surface area contributed by atoms with Gasteiger partial charge in [0.25, 0.3) is 0 Å². The Hall–Kier alpha value is -0.200. The third-order valence-electron chi connectivity index (χ3n) is 4.37. The SMILES string of the molecule is CCCCCCCCCCCCc1ccc(CCl)cc1CCl. The van der Waals surface area contributed by atoms with Crippen LogP contribution in [0.4, 0.5) is 0 Å². The van der Waals surface area contributed by atoms with E-state index in [1.807, 2.05) is 0 Å². The second kappa shape index (κ2) is 13.3. The van der Waals surface area contributed by atoms with E-state index in [-0.39, 0.29) is 0 Å². The summed E-state index contributed by atoms with van der Waals surface area (Å²) in [6.45, 7) is 2.28. The molecule has 0 aromatic heterocycles. The Balaban J connectivity index is 2.09. The predicted molar refractivity (Wildman–Crippen MR) is 101 cm³/mol. The normalized spacial score (nSPS) is 11.0. The molecule has 0 atom stereocenters. The molecule has 0 radical (unpaired) electrons. The molecule has 0 nitrogen and oxygen atoms in total. The van der Waals surface area contributed by atoms with Crippen molar-refractivity contribution in [3.8, 4) is 0 Å². The maximum absolute atomic E-state index is 6.05. The lowest BCUT2D eigenvalue weighted by Crippen LogP contribution is -1.94. The molecule has 0 aliphatic rings. The molecule has 0 saturated carbocycles. The first-order valence-corrected chi connectivity index (χ1v) is 10.1. The third-order valence-corrected chi connectivity index (χ3v) is 4.97. The highest BCUT2D eigenvalue weighted by Gasteiger charge is 2.03. The number of halogens is 2. The van der Waals surface area contributed by atoms with Crippen LogP contribution >= 0.6 is 23.2 Å². The molecule has 0 spiro atoms. The van der Waals surface area contributed by atoms with E-state index in [2.05, 4.69) is 25.1 Å². The summed E-state index contributed by atoms with van der Waals surface area (Å²) in [5.74, 6) is 1.17. The molecule has 1 rings (SSSR count). The van der Waals surface area contributed by atoms with Gasteiger partial charge in [-0.25, -0.2) is 0 Å². The highest BCUT2D eigenvalue weighted by atomic mass is 35.5. The van der Waals surface area contributed by atoms with E-state index >= 15 is 0 Å². The number of benzene rings is 1. The summed E-state index contributed by atoms with van der Waals surface area (Å²) < 4.78 is 0. The molecule has 126 valence electrons. The smallest absolute Gasteiger partial charge is 0.0476 e. The van der Waals surface area contributed by atoms with E-state index < -0.39 is 0 Å². The Morgan fingerprint density at radius 3 is 1.82 bits per heavy atom. The molecule has 0 saturated heterocycles. The predicted octanol–water partition coefficient (Wildman–Crippen LogP) is 7.63. The van der Waals surface area contributed by atoms with Crippen molar-refractivity contribution >= 4 is 23.2 Å². The van der Waals surface area contributed by atoms with Crippen LogP contribution in [0.5, 0.6) is 0 Å². The molecule has 0 unspecified atom stereocenters. The number of hydrogen-bond acceptors (Lipinski definition) is 0. The topological polar surface area (TPSA) is 0 Å². The Kier molecular flexibility index (Phi) is 12.0. The second-order valence-electron chi connectivity index (χ2n) is 6.30. The van der Waals surface area contributed by atoms with E-state index in [0.29, 0.717) is 11.8 Å². The van der Waals surface area contributed by atoms with Crippen molar-refractivity contribution in [3.05, 3.63) is 34.9 Å². The number of alkyl halides is 2. The maximum atomic E-state index is 6.05. The fraction of sp³-hybridized carbons (Fsp3) is 0.700. The second-order valence-corrected chi connectivity index (χ2v) is 6.84. The highest BCUT2D eigenvalue weighted by molar-refractivity contribution is 6.17. The van der Waals surface area contributed by atoms with Crippen molar-refractivity contribution in [3.63, 3.8) is 0 Å². The number of unbranched alkanes of at least 4 members (excludes halogenated alkanes) is 9. The van der Waals surface area contributed by atoms with Gasteiger partial charge in [0, 0.05) is 11.8 Å². The van der Waals surface area contributed by atoms with Gasteiger partial charge in [-0.3, -0.25) is 0 Å². The number of rotatable bonds is 13. The average Bonchev–Trinajstić information content (AvgIpc) is 2.56. The lowest BCUT2D eigenvalue weighted by Gasteiger charge is -2.09. The minimum absolute atomic E-state index is 0.572. The molecule has 1 aromatic rings. The van der Waals surface area contributed by atoms with Crippen molar-refractivity contribution in [2.75, 3.05) is 0 Å². The van der Waals surface area contributed by atoms with Gasteiger partial charge < -0.3 is 0 Å². The van der Waals surface area contributed by atoms with Crippen molar-refractivity contribution in [2.45, 2.75) is 89.3 Å². The average molecular weight is 343 g/mol. The maximum Gasteiger partial charge on any atom is 0.0476 e. The molecular weight excluding hydrogens is 311 g/mol. The van der Waals surface area contributed by atoms with Crippen LogP contribution in [0.2, 0.25) is 0 Å². The zero-order valence-corrected chi connectivity index (χ0v) is 15.7. The standard InChI is InChI=1S/C20H32Cl2/c1-2-3-4-5-6-7-8-9-10-11-12-19-14-13-18(16-21)15-20(19)17-22/h13-15H,2-12,16-17H2,1H3. The van der Waals surface area contributed by atoms with Crippen LogP contribution in [-0.4, -0.2) is 0 Å². The van der Waals surface area contributed by atoms with Gasteiger partial charge in [-0.2, -0.15) is 0 Å². The first kappa shape index (κ1) is 19.8. The molecule has 0 N–H and O–H groups in total. The molecule has 22 heavy (non-hydrogen) atoms. The molecule has 0 aliphatic heterocycles. The van der Waals surface area contributed by atoms with E-state index in [1.54, 1.807) is 0 Å². The first-order valence-electron chi connectivity index (χ1n) is 9.04. The molecule has 0 fully saturated rings. The Morgan fingerprint density at radius 1 is 0.682 bits per heavy atom. The largest absolute Gasteiger partial charge is 0.122 e. The van der Waals surface area contributed by atoms with Crippen LogP contribution in [0.1, 0.15) is 87.8 Å². The zero-order valence-electron chi connectivity index (χ0n) is 14.2. The molecule has 0 heterocycles. The van der Waals surface area contributed by atoms with Crippen LogP contribution in [0.25, 0.3) is 0 Å². The van der Waals surface area contributed by atoms with Crippen LogP contribution in [0.3, 0.4) is 0 Å². The first-order chi connectivity index (χ1) is 10.8. The van der Waals surface area contributed by atoms with Crippen molar-refractivity contribution in [2.24, 2.45) is 0 Å². The summed E-state index contributed by atoms with van der Waals surface area (Å²) in [5, 5.41) is 0. The van der Waals surface area contributed by atoms with Crippen molar-refractivity contribution in [1.82, 2.24) is 0 Å². The van der Waals surface area contributed by atoms with Gasteiger partial charge in [-0.15, -0.1) is 23.2 Å². The van der Waals surface area contributed by atoms with Gasteiger partial charge in [-0.05, 0) is 29.5 Å².